The van der Waals surface area contributed by atoms with Crippen LogP contribution in [-0.2, 0) is 19.1 Å². The predicted molar refractivity (Wildman–Crippen MR) is 131 cm³/mol. The minimum atomic E-state index is -0.724. The number of hydrogen-bond acceptors (Lipinski definition) is 6. The summed E-state index contributed by atoms with van der Waals surface area (Å²) in [5, 5.41) is 5.56. The van der Waals surface area contributed by atoms with Crippen LogP contribution in [0.3, 0.4) is 0 Å². The number of thiophene rings is 1. The number of benzene rings is 2. The number of halogens is 2. The van der Waals surface area contributed by atoms with Crippen molar-refractivity contribution in [3.63, 3.8) is 0 Å². The van der Waals surface area contributed by atoms with E-state index in [1.54, 1.807) is 30.5 Å². The van der Waals surface area contributed by atoms with E-state index in [4.69, 9.17) is 32.7 Å². The summed E-state index contributed by atoms with van der Waals surface area (Å²) >= 11 is 13.1. The molecular formula is C24H19Cl2NO5S. The zero-order valence-electron chi connectivity index (χ0n) is 17.5. The van der Waals surface area contributed by atoms with Crippen molar-refractivity contribution in [1.82, 2.24) is 0 Å². The van der Waals surface area contributed by atoms with E-state index in [1.165, 1.54) is 17.4 Å². The number of nitrogens with one attached hydrogen (secondary N) is 1. The third-order valence-electron chi connectivity index (χ3n) is 4.32. The quantitative estimate of drug-likeness (QED) is 0.297. The standard InChI is InChI=1S/C24H19Cl2NO5S/c1-2-31-24(30)22-18(15-6-4-3-5-7-15)14-33-23(22)27-20(28)13-32-21(29)11-9-16-8-10-17(25)12-19(16)26/h3-12,14H,2,13H2,1H3,(H,27,28). The summed E-state index contributed by atoms with van der Waals surface area (Å²) in [5.41, 5.74) is 2.29. The van der Waals surface area contributed by atoms with E-state index >= 15 is 0 Å². The van der Waals surface area contributed by atoms with E-state index in [0.29, 0.717) is 26.2 Å². The molecule has 1 amide bonds. The molecule has 2 aromatic carbocycles. The summed E-state index contributed by atoms with van der Waals surface area (Å²) in [4.78, 5) is 36.9. The molecule has 0 aliphatic rings. The van der Waals surface area contributed by atoms with Crippen molar-refractivity contribution in [2.75, 3.05) is 18.5 Å². The lowest BCUT2D eigenvalue weighted by atomic mass is 10.0. The number of carbonyl (C=O) groups excluding carboxylic acids is 3. The van der Waals surface area contributed by atoms with E-state index in [1.807, 2.05) is 30.3 Å². The molecule has 3 aromatic rings. The molecule has 0 spiro atoms. The molecular weight excluding hydrogens is 485 g/mol. The van der Waals surface area contributed by atoms with Crippen LogP contribution in [0.15, 0.2) is 60.0 Å². The van der Waals surface area contributed by atoms with Crippen LogP contribution in [0, 0.1) is 0 Å². The first-order valence-corrected chi connectivity index (χ1v) is 11.5. The van der Waals surface area contributed by atoms with E-state index in [2.05, 4.69) is 5.32 Å². The average Bonchev–Trinajstić information content (AvgIpc) is 3.21. The highest BCUT2D eigenvalue weighted by atomic mass is 35.5. The lowest BCUT2D eigenvalue weighted by Crippen LogP contribution is -2.21. The molecule has 0 aliphatic heterocycles. The van der Waals surface area contributed by atoms with Gasteiger partial charge >= 0.3 is 11.9 Å². The minimum Gasteiger partial charge on any atom is -0.462 e. The molecule has 0 saturated heterocycles. The van der Waals surface area contributed by atoms with Crippen molar-refractivity contribution < 1.29 is 23.9 Å². The van der Waals surface area contributed by atoms with E-state index < -0.39 is 24.5 Å². The number of carbonyl (C=O) groups is 3. The minimum absolute atomic E-state index is 0.192. The van der Waals surface area contributed by atoms with E-state index in [9.17, 15) is 14.4 Å². The Kier molecular flexibility index (Phi) is 8.65. The van der Waals surface area contributed by atoms with Crippen LogP contribution in [0.2, 0.25) is 10.0 Å². The molecule has 170 valence electrons. The van der Waals surface area contributed by atoms with Crippen LogP contribution in [0.5, 0.6) is 0 Å². The summed E-state index contributed by atoms with van der Waals surface area (Å²) < 4.78 is 10.1. The smallest absolute Gasteiger partial charge is 0.341 e. The molecule has 1 N–H and O–H groups in total. The Bertz CT molecular complexity index is 1190. The third kappa shape index (κ3) is 6.68. The number of esters is 2. The molecule has 0 unspecified atom stereocenters. The van der Waals surface area contributed by atoms with Crippen LogP contribution in [-0.4, -0.2) is 31.1 Å². The SMILES string of the molecule is CCOC(=O)c1c(-c2ccccc2)csc1NC(=O)COC(=O)C=Cc1ccc(Cl)cc1Cl. The second kappa shape index (κ2) is 11.7. The summed E-state index contributed by atoms with van der Waals surface area (Å²) in [6.07, 6.45) is 2.62. The van der Waals surface area contributed by atoms with Gasteiger partial charge in [0.15, 0.2) is 6.61 Å². The summed E-state index contributed by atoms with van der Waals surface area (Å²) in [6, 6.07) is 14.1. The Labute approximate surface area is 204 Å². The first-order chi connectivity index (χ1) is 15.9. The number of rotatable bonds is 8. The van der Waals surface area contributed by atoms with Gasteiger partial charge in [-0.05, 0) is 36.3 Å². The molecule has 33 heavy (non-hydrogen) atoms. The highest BCUT2D eigenvalue weighted by Crippen LogP contribution is 2.36. The number of amides is 1. The van der Waals surface area contributed by atoms with Crippen LogP contribution < -0.4 is 5.32 Å². The maximum atomic E-state index is 12.6. The molecule has 1 aromatic heterocycles. The fourth-order valence-electron chi connectivity index (χ4n) is 2.83. The normalized spacial score (nSPS) is 10.8. The monoisotopic (exact) mass is 503 g/mol. The van der Waals surface area contributed by atoms with Gasteiger partial charge in [0.2, 0.25) is 0 Å². The third-order valence-corrected chi connectivity index (χ3v) is 5.77. The maximum Gasteiger partial charge on any atom is 0.341 e. The van der Waals surface area contributed by atoms with Gasteiger partial charge < -0.3 is 14.8 Å². The molecule has 1 heterocycles. The second-order valence-electron chi connectivity index (χ2n) is 6.60. The Morgan fingerprint density at radius 3 is 2.52 bits per heavy atom. The molecule has 0 bridgehead atoms. The molecule has 9 heteroatoms. The molecule has 0 aliphatic carbocycles. The van der Waals surface area contributed by atoms with Gasteiger partial charge in [0.05, 0.1) is 6.61 Å². The summed E-state index contributed by atoms with van der Waals surface area (Å²) in [7, 11) is 0. The molecule has 0 atom stereocenters. The van der Waals surface area contributed by atoms with Crippen LogP contribution >= 0.6 is 34.5 Å². The topological polar surface area (TPSA) is 81.7 Å². The fourth-order valence-corrected chi connectivity index (χ4v) is 4.27. The highest BCUT2D eigenvalue weighted by Gasteiger charge is 2.23. The molecule has 0 radical (unpaired) electrons. The van der Waals surface area contributed by atoms with Crippen LogP contribution in [0.1, 0.15) is 22.8 Å². The van der Waals surface area contributed by atoms with Gasteiger partial charge in [-0.1, -0.05) is 59.6 Å². The van der Waals surface area contributed by atoms with Crippen molar-refractivity contribution in [1.29, 1.82) is 0 Å². The molecule has 6 nitrogen and oxygen atoms in total. The fraction of sp³-hybridized carbons (Fsp3) is 0.125. The lowest BCUT2D eigenvalue weighted by molar-refractivity contribution is -0.142. The Balaban J connectivity index is 1.66. The van der Waals surface area contributed by atoms with E-state index in [-0.39, 0.29) is 12.2 Å². The first-order valence-electron chi connectivity index (χ1n) is 9.82. The zero-order valence-corrected chi connectivity index (χ0v) is 19.8. The van der Waals surface area contributed by atoms with Gasteiger partial charge in [-0.3, -0.25) is 4.79 Å². The van der Waals surface area contributed by atoms with Crippen LogP contribution in [0.25, 0.3) is 17.2 Å². The molecule has 3 rings (SSSR count). The van der Waals surface area contributed by atoms with Crippen LogP contribution in [0.4, 0.5) is 5.00 Å². The van der Waals surface area contributed by atoms with E-state index in [0.717, 1.165) is 11.6 Å². The van der Waals surface area contributed by atoms with Crippen molar-refractivity contribution in [2.24, 2.45) is 0 Å². The van der Waals surface area contributed by atoms with Crippen molar-refractivity contribution in [3.8, 4) is 11.1 Å². The van der Waals surface area contributed by atoms with Gasteiger partial charge in [0.1, 0.15) is 10.6 Å². The number of anilines is 1. The summed E-state index contributed by atoms with van der Waals surface area (Å²) in [6.45, 7) is 1.37. The number of ether oxygens (including phenoxy) is 2. The lowest BCUT2D eigenvalue weighted by Gasteiger charge is -2.09. The highest BCUT2D eigenvalue weighted by molar-refractivity contribution is 7.15. The van der Waals surface area contributed by atoms with Gasteiger partial charge in [-0.15, -0.1) is 11.3 Å². The number of hydrogen-bond donors (Lipinski definition) is 1. The van der Waals surface area contributed by atoms with Gasteiger partial charge in [-0.25, -0.2) is 9.59 Å². The van der Waals surface area contributed by atoms with Crippen molar-refractivity contribution in [2.45, 2.75) is 6.92 Å². The molecule has 0 saturated carbocycles. The van der Waals surface area contributed by atoms with Crippen molar-refractivity contribution in [3.05, 3.63) is 81.2 Å². The molecule has 0 fully saturated rings. The zero-order chi connectivity index (χ0) is 23.8. The summed E-state index contributed by atoms with van der Waals surface area (Å²) in [5.74, 6) is -1.86. The van der Waals surface area contributed by atoms with Gasteiger partial charge in [-0.2, -0.15) is 0 Å². The Hall–Kier alpha value is -3.13. The largest absolute Gasteiger partial charge is 0.462 e. The second-order valence-corrected chi connectivity index (χ2v) is 8.32. The van der Waals surface area contributed by atoms with Gasteiger partial charge in [0, 0.05) is 27.1 Å². The average molecular weight is 504 g/mol. The maximum absolute atomic E-state index is 12.6. The van der Waals surface area contributed by atoms with Gasteiger partial charge in [0.25, 0.3) is 5.91 Å². The van der Waals surface area contributed by atoms with Crippen molar-refractivity contribution >= 4 is 63.5 Å². The first kappa shape index (κ1) is 24.5. The Morgan fingerprint density at radius 1 is 1.06 bits per heavy atom. The Morgan fingerprint density at radius 2 is 1.82 bits per heavy atom. The predicted octanol–water partition coefficient (Wildman–Crippen LogP) is 6.09.